The lowest BCUT2D eigenvalue weighted by Crippen LogP contribution is -1.81. The molecule has 22 heavy (non-hydrogen) atoms. The van der Waals surface area contributed by atoms with E-state index >= 15 is 0 Å². The van der Waals surface area contributed by atoms with E-state index in [-0.39, 0.29) is 0 Å². The average molecular weight is 300 g/mol. The highest BCUT2D eigenvalue weighted by molar-refractivity contribution is 5.27. The van der Waals surface area contributed by atoms with Crippen LogP contribution in [-0.4, -0.2) is 5.11 Å². The van der Waals surface area contributed by atoms with E-state index in [4.69, 9.17) is 0 Å². The fourth-order valence-corrected chi connectivity index (χ4v) is 2.51. The Hall–Kier alpha value is -1.50. The Bertz CT molecular complexity index is 431. The van der Waals surface area contributed by atoms with Crippen molar-refractivity contribution in [2.24, 2.45) is 0 Å². The molecule has 0 atom stereocenters. The number of aryl methyl sites for hydroxylation is 1. The Labute approximate surface area is 136 Å². The second-order valence-electron chi connectivity index (χ2n) is 5.94. The van der Waals surface area contributed by atoms with E-state index in [1.54, 1.807) is 6.07 Å². The first-order chi connectivity index (χ1) is 10.8. The van der Waals surface area contributed by atoms with Crippen LogP contribution < -0.4 is 0 Å². The van der Waals surface area contributed by atoms with Crippen LogP contribution in [0.5, 0.6) is 5.75 Å². The van der Waals surface area contributed by atoms with E-state index in [1.165, 1.54) is 50.5 Å². The number of benzene rings is 1. The zero-order valence-electron chi connectivity index (χ0n) is 14.1. The second kappa shape index (κ2) is 13.2. The highest BCUT2D eigenvalue weighted by Crippen LogP contribution is 2.12. The molecule has 0 aliphatic carbocycles. The quantitative estimate of drug-likeness (QED) is 0.341. The summed E-state index contributed by atoms with van der Waals surface area (Å²) in [4.78, 5) is 0. The van der Waals surface area contributed by atoms with Crippen molar-refractivity contribution in [3.8, 4) is 5.75 Å². The minimum absolute atomic E-state index is 0.360. The van der Waals surface area contributed by atoms with Gasteiger partial charge in [0.15, 0.2) is 0 Å². The Morgan fingerprint density at radius 3 is 2.36 bits per heavy atom. The van der Waals surface area contributed by atoms with Crippen LogP contribution in [0.4, 0.5) is 0 Å². The van der Waals surface area contributed by atoms with Crippen molar-refractivity contribution in [1.82, 2.24) is 0 Å². The van der Waals surface area contributed by atoms with Crippen LogP contribution >= 0.6 is 0 Å². The minimum Gasteiger partial charge on any atom is -0.508 e. The Morgan fingerprint density at radius 1 is 0.864 bits per heavy atom. The molecular weight excluding hydrogens is 268 g/mol. The molecule has 0 aliphatic rings. The zero-order chi connectivity index (χ0) is 15.9. The fraction of sp³-hybridized carbons (Fsp3) is 0.524. The van der Waals surface area contributed by atoms with E-state index in [0.29, 0.717) is 5.75 Å². The molecule has 0 aromatic heterocycles. The van der Waals surface area contributed by atoms with Crippen LogP contribution in [0.25, 0.3) is 0 Å². The molecule has 0 amide bonds. The molecule has 1 heteroatoms. The van der Waals surface area contributed by atoms with E-state index in [2.05, 4.69) is 37.3 Å². The molecule has 1 aromatic carbocycles. The van der Waals surface area contributed by atoms with Crippen LogP contribution in [0.2, 0.25) is 0 Å². The molecule has 0 heterocycles. The number of hydrogen-bond acceptors (Lipinski definition) is 1. The van der Waals surface area contributed by atoms with Crippen LogP contribution in [0.1, 0.15) is 70.3 Å². The van der Waals surface area contributed by atoms with Crippen molar-refractivity contribution in [3.05, 3.63) is 54.1 Å². The monoisotopic (exact) mass is 300 g/mol. The summed E-state index contributed by atoms with van der Waals surface area (Å²) in [6.45, 7) is 2.26. The third-order valence-electron chi connectivity index (χ3n) is 3.84. The first-order valence-corrected chi connectivity index (χ1v) is 8.91. The fourth-order valence-electron chi connectivity index (χ4n) is 2.51. The van der Waals surface area contributed by atoms with E-state index in [1.807, 2.05) is 12.1 Å². The largest absolute Gasteiger partial charge is 0.508 e. The Kier molecular flexibility index (Phi) is 11.1. The SMILES string of the molecule is CCCCCCCC/C=C/C/C=C/CCc1cccc(O)c1. The molecule has 0 saturated heterocycles. The van der Waals surface area contributed by atoms with Crippen molar-refractivity contribution < 1.29 is 5.11 Å². The van der Waals surface area contributed by atoms with Crippen LogP contribution in [-0.2, 0) is 6.42 Å². The molecule has 0 spiro atoms. The van der Waals surface area contributed by atoms with Crippen molar-refractivity contribution in [2.75, 3.05) is 0 Å². The minimum atomic E-state index is 0.360. The van der Waals surface area contributed by atoms with Gasteiger partial charge in [-0.1, -0.05) is 75.5 Å². The number of allylic oxidation sites excluding steroid dienone is 4. The van der Waals surface area contributed by atoms with Gasteiger partial charge in [0, 0.05) is 0 Å². The van der Waals surface area contributed by atoms with Crippen LogP contribution in [0.15, 0.2) is 48.6 Å². The predicted molar refractivity (Wildman–Crippen MR) is 97.3 cm³/mol. The average Bonchev–Trinajstić information content (AvgIpc) is 2.52. The van der Waals surface area contributed by atoms with Gasteiger partial charge in [0.2, 0.25) is 0 Å². The van der Waals surface area contributed by atoms with Gasteiger partial charge in [-0.25, -0.2) is 0 Å². The highest BCUT2D eigenvalue weighted by Gasteiger charge is 1.92. The van der Waals surface area contributed by atoms with Crippen molar-refractivity contribution in [1.29, 1.82) is 0 Å². The summed E-state index contributed by atoms with van der Waals surface area (Å²) < 4.78 is 0. The Morgan fingerprint density at radius 2 is 1.59 bits per heavy atom. The molecule has 0 unspecified atom stereocenters. The number of unbranched alkanes of at least 4 members (excludes halogenated alkanes) is 6. The molecule has 0 aliphatic heterocycles. The molecule has 0 fully saturated rings. The molecule has 122 valence electrons. The molecule has 0 saturated carbocycles. The van der Waals surface area contributed by atoms with E-state index < -0.39 is 0 Å². The van der Waals surface area contributed by atoms with Gasteiger partial charge in [-0.3, -0.25) is 0 Å². The number of hydrogen-bond donors (Lipinski definition) is 1. The summed E-state index contributed by atoms with van der Waals surface area (Å²) in [5.41, 5.74) is 1.20. The lowest BCUT2D eigenvalue weighted by atomic mass is 10.1. The maximum atomic E-state index is 9.39. The van der Waals surface area contributed by atoms with Crippen LogP contribution in [0, 0.1) is 0 Å². The summed E-state index contributed by atoms with van der Waals surface area (Å²) in [5.74, 6) is 0.360. The third-order valence-corrected chi connectivity index (χ3v) is 3.84. The van der Waals surface area contributed by atoms with Crippen molar-refractivity contribution in [3.63, 3.8) is 0 Å². The summed E-state index contributed by atoms with van der Waals surface area (Å²) in [7, 11) is 0. The van der Waals surface area contributed by atoms with Gasteiger partial charge in [0.05, 0.1) is 0 Å². The molecular formula is C21H32O. The standard InChI is InChI=1S/C21H32O/c1-2-3-4-5-6-7-8-9-10-11-12-13-14-16-20-17-15-18-21(22)19-20/h9-10,12-13,15,17-19,22H,2-8,11,14,16H2,1H3/b10-9+,13-12+. The van der Waals surface area contributed by atoms with Crippen molar-refractivity contribution in [2.45, 2.75) is 71.1 Å². The number of aromatic hydroxyl groups is 1. The van der Waals surface area contributed by atoms with Gasteiger partial charge in [-0.05, 0) is 49.8 Å². The first-order valence-electron chi connectivity index (χ1n) is 8.91. The van der Waals surface area contributed by atoms with Gasteiger partial charge < -0.3 is 5.11 Å². The third kappa shape index (κ3) is 10.3. The van der Waals surface area contributed by atoms with Crippen molar-refractivity contribution >= 4 is 0 Å². The molecule has 1 N–H and O–H groups in total. The molecule has 0 bridgehead atoms. The maximum absolute atomic E-state index is 9.39. The molecule has 0 radical (unpaired) electrons. The number of phenolic OH excluding ortho intramolecular Hbond substituents is 1. The van der Waals surface area contributed by atoms with Gasteiger partial charge in [0.25, 0.3) is 0 Å². The maximum Gasteiger partial charge on any atom is 0.115 e. The Balaban J connectivity index is 1.96. The number of rotatable bonds is 12. The molecule has 1 aromatic rings. The zero-order valence-corrected chi connectivity index (χ0v) is 14.1. The van der Waals surface area contributed by atoms with E-state index in [0.717, 1.165) is 19.3 Å². The number of phenols is 1. The smallest absolute Gasteiger partial charge is 0.115 e. The summed E-state index contributed by atoms with van der Waals surface area (Å²) in [5, 5.41) is 9.39. The van der Waals surface area contributed by atoms with Gasteiger partial charge in [-0.2, -0.15) is 0 Å². The topological polar surface area (TPSA) is 20.2 Å². The normalized spacial score (nSPS) is 11.7. The molecule has 1 nitrogen and oxygen atoms in total. The molecule has 1 rings (SSSR count). The lowest BCUT2D eigenvalue weighted by molar-refractivity contribution is 0.474. The van der Waals surface area contributed by atoms with Crippen LogP contribution in [0.3, 0.4) is 0 Å². The highest BCUT2D eigenvalue weighted by atomic mass is 16.3. The summed E-state index contributed by atoms with van der Waals surface area (Å²) >= 11 is 0. The van der Waals surface area contributed by atoms with Gasteiger partial charge >= 0.3 is 0 Å². The summed E-state index contributed by atoms with van der Waals surface area (Å²) in [6.07, 6.45) is 21.6. The predicted octanol–water partition coefficient (Wildman–Crippen LogP) is 6.58. The lowest BCUT2D eigenvalue weighted by Gasteiger charge is -1.98. The van der Waals surface area contributed by atoms with E-state index in [9.17, 15) is 5.11 Å². The second-order valence-corrected chi connectivity index (χ2v) is 5.94. The van der Waals surface area contributed by atoms with Gasteiger partial charge in [0.1, 0.15) is 5.75 Å². The van der Waals surface area contributed by atoms with Gasteiger partial charge in [-0.15, -0.1) is 0 Å². The summed E-state index contributed by atoms with van der Waals surface area (Å²) in [6, 6.07) is 7.52. The first kappa shape index (κ1) is 18.5.